The zero-order valence-corrected chi connectivity index (χ0v) is 13.8. The summed E-state index contributed by atoms with van der Waals surface area (Å²) in [7, 11) is 0. The Balaban J connectivity index is 2.22. The Labute approximate surface area is 144 Å². The summed E-state index contributed by atoms with van der Waals surface area (Å²) >= 11 is 12.5. The van der Waals surface area contributed by atoms with Gasteiger partial charge in [0.25, 0.3) is 0 Å². The lowest BCUT2D eigenvalue weighted by Crippen LogP contribution is -2.36. The minimum atomic E-state index is -0.0962. The van der Waals surface area contributed by atoms with Gasteiger partial charge in [-0.1, -0.05) is 41.4 Å². The van der Waals surface area contributed by atoms with Crippen LogP contribution in [0.5, 0.6) is 0 Å². The first kappa shape index (κ1) is 16.0. The molecule has 0 saturated heterocycles. The normalized spacial score (nSPS) is 14.3. The number of nitrogens with two attached hydrogens (primary N) is 1. The van der Waals surface area contributed by atoms with Gasteiger partial charge in [0, 0.05) is 34.3 Å². The number of aliphatic imine (C=N–C) groups is 1. The highest BCUT2D eigenvalue weighted by Gasteiger charge is 2.25. The fraction of sp³-hybridized carbons (Fsp3) is 0.176. The van der Waals surface area contributed by atoms with Crippen molar-refractivity contribution in [1.29, 1.82) is 0 Å². The molecule has 0 spiro atoms. The summed E-state index contributed by atoms with van der Waals surface area (Å²) in [5.74, 6) is -0.0962. The number of carbonyl (C=O) groups is 1. The molecule has 3 rings (SSSR count). The number of rotatable bonds is 3. The van der Waals surface area contributed by atoms with Crippen molar-refractivity contribution >= 4 is 40.5 Å². The van der Waals surface area contributed by atoms with Crippen LogP contribution in [0.25, 0.3) is 0 Å². The van der Waals surface area contributed by atoms with Crippen molar-refractivity contribution in [2.45, 2.75) is 0 Å². The zero-order valence-electron chi connectivity index (χ0n) is 12.3. The maximum absolute atomic E-state index is 12.4. The molecule has 0 fully saturated rings. The molecular formula is C17H15Cl2N3O. The highest BCUT2D eigenvalue weighted by molar-refractivity contribution is 6.36. The van der Waals surface area contributed by atoms with Crippen molar-refractivity contribution in [3.05, 3.63) is 63.6 Å². The zero-order chi connectivity index (χ0) is 16.4. The maximum Gasteiger partial charge on any atom is 0.248 e. The van der Waals surface area contributed by atoms with Gasteiger partial charge in [0.2, 0.25) is 5.91 Å². The third-order valence-corrected chi connectivity index (χ3v) is 4.22. The molecule has 1 heterocycles. The van der Waals surface area contributed by atoms with Crippen molar-refractivity contribution in [1.82, 2.24) is 0 Å². The predicted molar refractivity (Wildman–Crippen MR) is 94.8 cm³/mol. The lowest BCUT2D eigenvalue weighted by Gasteiger charge is -2.22. The second kappa shape index (κ2) is 6.71. The van der Waals surface area contributed by atoms with Gasteiger partial charge in [0.1, 0.15) is 6.54 Å². The number of benzene rings is 2. The van der Waals surface area contributed by atoms with Gasteiger partial charge in [0.15, 0.2) is 0 Å². The van der Waals surface area contributed by atoms with Crippen LogP contribution in [0.4, 0.5) is 5.69 Å². The maximum atomic E-state index is 12.4. The number of nitrogens with zero attached hydrogens (tertiary/aromatic N) is 2. The van der Waals surface area contributed by atoms with Gasteiger partial charge >= 0.3 is 0 Å². The Hall–Kier alpha value is -1.88. The predicted octanol–water partition coefficient (Wildman–Crippen LogP) is 3.14. The van der Waals surface area contributed by atoms with Gasteiger partial charge in [-0.25, -0.2) is 0 Å². The van der Waals surface area contributed by atoms with Crippen molar-refractivity contribution in [2.24, 2.45) is 10.7 Å². The fourth-order valence-corrected chi connectivity index (χ4v) is 3.04. The Bertz CT molecular complexity index is 789. The highest BCUT2D eigenvalue weighted by atomic mass is 35.5. The minimum Gasteiger partial charge on any atom is -0.329 e. The van der Waals surface area contributed by atoms with E-state index in [4.69, 9.17) is 28.9 Å². The molecule has 0 radical (unpaired) electrons. The monoisotopic (exact) mass is 347 g/mol. The van der Waals surface area contributed by atoms with Crippen molar-refractivity contribution < 1.29 is 4.79 Å². The van der Waals surface area contributed by atoms with Gasteiger partial charge in [-0.3, -0.25) is 9.79 Å². The number of anilines is 1. The van der Waals surface area contributed by atoms with Crippen LogP contribution < -0.4 is 10.6 Å². The molecule has 0 aromatic heterocycles. The summed E-state index contributed by atoms with van der Waals surface area (Å²) in [4.78, 5) is 18.6. The lowest BCUT2D eigenvalue weighted by molar-refractivity contribution is -0.117. The molecule has 4 nitrogen and oxygen atoms in total. The first-order valence-corrected chi connectivity index (χ1v) is 7.97. The van der Waals surface area contributed by atoms with Crippen LogP contribution in [0, 0.1) is 0 Å². The molecule has 0 saturated carbocycles. The number of benzodiazepines with no additional fused rings is 1. The Morgan fingerprint density at radius 3 is 2.65 bits per heavy atom. The van der Waals surface area contributed by atoms with E-state index in [1.165, 1.54) is 0 Å². The number of halogens is 2. The van der Waals surface area contributed by atoms with Gasteiger partial charge in [-0.15, -0.1) is 0 Å². The van der Waals surface area contributed by atoms with Crippen LogP contribution >= 0.6 is 23.2 Å². The molecule has 2 N–H and O–H groups in total. The van der Waals surface area contributed by atoms with E-state index in [-0.39, 0.29) is 12.5 Å². The van der Waals surface area contributed by atoms with E-state index < -0.39 is 0 Å². The topological polar surface area (TPSA) is 58.7 Å². The van der Waals surface area contributed by atoms with Crippen LogP contribution in [0.2, 0.25) is 10.0 Å². The van der Waals surface area contributed by atoms with E-state index >= 15 is 0 Å². The molecule has 1 amide bonds. The second-order valence-corrected chi connectivity index (χ2v) is 5.98. The molecule has 0 aliphatic carbocycles. The number of carbonyl (C=O) groups excluding carboxylic acids is 1. The SMILES string of the molecule is NCCN1C(=O)CN=C(c2ccccc2Cl)c2cc(Cl)ccc21. The number of amides is 1. The average molecular weight is 348 g/mol. The van der Waals surface area contributed by atoms with Crippen LogP contribution in [0.3, 0.4) is 0 Å². The van der Waals surface area contributed by atoms with Gasteiger partial charge < -0.3 is 10.6 Å². The van der Waals surface area contributed by atoms with Gasteiger partial charge in [-0.05, 0) is 24.3 Å². The van der Waals surface area contributed by atoms with E-state index in [1.807, 2.05) is 24.3 Å². The highest BCUT2D eigenvalue weighted by Crippen LogP contribution is 2.31. The van der Waals surface area contributed by atoms with Crippen molar-refractivity contribution in [2.75, 3.05) is 24.5 Å². The van der Waals surface area contributed by atoms with E-state index in [2.05, 4.69) is 4.99 Å². The van der Waals surface area contributed by atoms with Gasteiger partial charge in [0.05, 0.1) is 11.4 Å². The van der Waals surface area contributed by atoms with E-state index in [9.17, 15) is 4.79 Å². The van der Waals surface area contributed by atoms with Crippen LogP contribution in [-0.4, -0.2) is 31.3 Å². The summed E-state index contributed by atoms with van der Waals surface area (Å²) in [5, 5.41) is 1.16. The van der Waals surface area contributed by atoms with Crippen LogP contribution in [-0.2, 0) is 4.79 Å². The smallest absolute Gasteiger partial charge is 0.248 e. The van der Waals surface area contributed by atoms with Gasteiger partial charge in [-0.2, -0.15) is 0 Å². The number of hydrogen-bond donors (Lipinski definition) is 1. The molecule has 0 unspecified atom stereocenters. The Morgan fingerprint density at radius 2 is 1.91 bits per heavy atom. The molecule has 1 aliphatic rings. The third kappa shape index (κ3) is 3.11. The van der Waals surface area contributed by atoms with E-state index in [1.54, 1.807) is 23.1 Å². The van der Waals surface area contributed by atoms with Crippen LogP contribution in [0.1, 0.15) is 11.1 Å². The molecule has 6 heteroatoms. The third-order valence-electron chi connectivity index (χ3n) is 3.66. The summed E-state index contributed by atoms with van der Waals surface area (Å²) in [6, 6.07) is 12.8. The first-order valence-electron chi connectivity index (χ1n) is 7.21. The molecule has 2 aromatic carbocycles. The van der Waals surface area contributed by atoms with E-state index in [0.717, 1.165) is 16.8 Å². The number of hydrogen-bond acceptors (Lipinski definition) is 3. The largest absolute Gasteiger partial charge is 0.329 e. The average Bonchev–Trinajstić information content (AvgIpc) is 2.66. The Morgan fingerprint density at radius 1 is 1.13 bits per heavy atom. The molecule has 0 bridgehead atoms. The minimum absolute atomic E-state index is 0.0485. The molecule has 2 aromatic rings. The van der Waals surface area contributed by atoms with Crippen molar-refractivity contribution in [3.63, 3.8) is 0 Å². The van der Waals surface area contributed by atoms with Crippen molar-refractivity contribution in [3.8, 4) is 0 Å². The molecule has 23 heavy (non-hydrogen) atoms. The molecule has 1 aliphatic heterocycles. The summed E-state index contributed by atoms with van der Waals surface area (Å²) < 4.78 is 0. The molecule has 0 atom stereocenters. The first-order chi connectivity index (χ1) is 11.1. The van der Waals surface area contributed by atoms with E-state index in [0.29, 0.717) is 28.8 Å². The Kier molecular flexibility index (Phi) is 4.66. The standard InChI is InChI=1S/C17H15Cl2N3O/c18-11-5-6-15-13(9-11)17(12-3-1-2-4-14(12)19)21-10-16(23)22(15)8-7-20/h1-6,9H,7-8,10,20H2. The molecule has 118 valence electrons. The lowest BCUT2D eigenvalue weighted by atomic mass is 10.00. The quantitative estimate of drug-likeness (QED) is 0.926. The molecular weight excluding hydrogens is 333 g/mol. The fourth-order valence-electron chi connectivity index (χ4n) is 2.64. The van der Waals surface area contributed by atoms with Crippen LogP contribution in [0.15, 0.2) is 47.5 Å². The summed E-state index contributed by atoms with van der Waals surface area (Å²) in [6.45, 7) is 0.848. The summed E-state index contributed by atoms with van der Waals surface area (Å²) in [5.41, 5.74) is 8.63. The second-order valence-electron chi connectivity index (χ2n) is 5.14. The number of fused-ring (bicyclic) bond motifs is 1. The summed E-state index contributed by atoms with van der Waals surface area (Å²) in [6.07, 6.45) is 0.